The van der Waals surface area contributed by atoms with Crippen LogP contribution in [0.4, 0.5) is 5.69 Å². The zero-order valence-corrected chi connectivity index (χ0v) is 11.6. The second kappa shape index (κ2) is 6.55. The predicted octanol–water partition coefficient (Wildman–Crippen LogP) is 4.67. The van der Waals surface area contributed by atoms with E-state index in [0.717, 1.165) is 11.1 Å². The van der Waals surface area contributed by atoms with Crippen LogP contribution in [-0.4, -0.2) is 0 Å². The number of benzene rings is 1. The van der Waals surface area contributed by atoms with Gasteiger partial charge < -0.3 is 0 Å². The number of rotatable bonds is 4. The molecule has 100 valence electrons. The van der Waals surface area contributed by atoms with Gasteiger partial charge in [0.2, 0.25) is 0 Å². The highest BCUT2D eigenvalue weighted by atomic mass is 15.1. The molecule has 0 aliphatic heterocycles. The minimum Gasteiger partial charge on any atom is -0.203 e. The molecule has 2 rings (SSSR count). The third-order valence-corrected chi connectivity index (χ3v) is 3.00. The first-order valence-electron chi connectivity index (χ1n) is 6.53. The number of azide groups is 1. The summed E-state index contributed by atoms with van der Waals surface area (Å²) in [6.45, 7) is 4.31. The summed E-state index contributed by atoms with van der Waals surface area (Å²) in [6.07, 6.45) is 8.26. The summed E-state index contributed by atoms with van der Waals surface area (Å²) in [6, 6.07) is 12.1. The normalized spacial score (nSPS) is 10.8. The fourth-order valence-electron chi connectivity index (χ4n) is 1.80. The molecule has 0 spiro atoms. The molecule has 0 saturated heterocycles. The summed E-state index contributed by atoms with van der Waals surface area (Å²) >= 11 is 0. The van der Waals surface area contributed by atoms with Crippen LogP contribution in [0.5, 0.6) is 0 Å². The maximum Gasteiger partial charge on any atom is 0.169 e. The average molecular weight is 265 g/mol. The van der Waals surface area contributed by atoms with Crippen molar-refractivity contribution in [2.75, 3.05) is 0 Å². The lowest BCUT2D eigenvalue weighted by atomic mass is 10.1. The Morgan fingerprint density at radius 3 is 2.05 bits per heavy atom. The number of pyridine rings is 1. The molecule has 0 unspecified atom stereocenters. The van der Waals surface area contributed by atoms with Gasteiger partial charge in [-0.3, -0.25) is 0 Å². The van der Waals surface area contributed by atoms with Crippen molar-refractivity contribution in [1.82, 2.24) is 0 Å². The van der Waals surface area contributed by atoms with Crippen LogP contribution in [0, 0.1) is 0 Å². The molecule has 4 heteroatoms. The van der Waals surface area contributed by atoms with Crippen molar-refractivity contribution < 1.29 is 4.57 Å². The van der Waals surface area contributed by atoms with Gasteiger partial charge in [-0.2, -0.15) is 0 Å². The second-order valence-electron chi connectivity index (χ2n) is 4.79. The number of nitrogens with zero attached hydrogens (tertiary/aromatic N) is 4. The predicted molar refractivity (Wildman–Crippen MR) is 81.2 cm³/mol. The van der Waals surface area contributed by atoms with E-state index in [1.54, 1.807) is 12.1 Å². The van der Waals surface area contributed by atoms with E-state index in [1.165, 1.54) is 0 Å². The highest BCUT2D eigenvalue weighted by Gasteiger charge is 2.03. The largest absolute Gasteiger partial charge is 0.203 e. The van der Waals surface area contributed by atoms with Gasteiger partial charge in [-0.1, -0.05) is 41.5 Å². The standard InChI is InChI=1S/C16H17N4/c1-13(2)20-11-9-15(10-12-20)4-3-14-5-7-16(8-6-14)18-19-17/h3-13H,1-2H3/q+1/b4-3+. The Labute approximate surface area is 118 Å². The van der Waals surface area contributed by atoms with Gasteiger partial charge in [-0.05, 0) is 30.5 Å². The molecule has 0 aliphatic carbocycles. The molecule has 0 saturated carbocycles. The van der Waals surface area contributed by atoms with Crippen molar-refractivity contribution in [3.8, 4) is 0 Å². The summed E-state index contributed by atoms with van der Waals surface area (Å²) in [5.41, 5.74) is 11.2. The first-order valence-corrected chi connectivity index (χ1v) is 6.53. The Hall–Kier alpha value is -2.58. The van der Waals surface area contributed by atoms with Crippen LogP contribution in [0.2, 0.25) is 0 Å². The first-order chi connectivity index (χ1) is 9.69. The Kier molecular flexibility index (Phi) is 4.53. The van der Waals surface area contributed by atoms with Gasteiger partial charge >= 0.3 is 0 Å². The lowest BCUT2D eigenvalue weighted by Gasteiger charge is -1.99. The van der Waals surface area contributed by atoms with Crippen molar-refractivity contribution in [3.63, 3.8) is 0 Å². The molecule has 0 atom stereocenters. The number of aromatic nitrogens is 1. The van der Waals surface area contributed by atoms with E-state index in [4.69, 9.17) is 5.53 Å². The molecular formula is C16H17N4+. The average Bonchev–Trinajstić information content (AvgIpc) is 2.47. The molecule has 0 amide bonds. The fraction of sp³-hybridized carbons (Fsp3) is 0.188. The molecule has 0 aliphatic rings. The first kappa shape index (κ1) is 13.8. The van der Waals surface area contributed by atoms with E-state index in [1.807, 2.05) is 18.2 Å². The van der Waals surface area contributed by atoms with Gasteiger partial charge in [0, 0.05) is 22.7 Å². The highest BCUT2D eigenvalue weighted by Crippen LogP contribution is 2.15. The van der Waals surface area contributed by atoms with Crippen molar-refractivity contribution in [1.29, 1.82) is 0 Å². The zero-order chi connectivity index (χ0) is 14.4. The molecule has 1 aromatic heterocycles. The van der Waals surface area contributed by atoms with E-state index in [9.17, 15) is 0 Å². The molecule has 1 aromatic carbocycles. The highest BCUT2D eigenvalue weighted by molar-refractivity contribution is 5.69. The summed E-state index contributed by atoms with van der Waals surface area (Å²) in [5.74, 6) is 0. The molecule has 0 bridgehead atoms. The summed E-state index contributed by atoms with van der Waals surface area (Å²) in [5, 5.41) is 3.55. The van der Waals surface area contributed by atoms with Gasteiger partial charge in [0.1, 0.15) is 0 Å². The van der Waals surface area contributed by atoms with E-state index in [2.05, 4.69) is 59.0 Å². The third kappa shape index (κ3) is 3.70. The fourth-order valence-corrected chi connectivity index (χ4v) is 1.80. The maximum absolute atomic E-state index is 8.34. The van der Waals surface area contributed by atoms with Crippen LogP contribution in [0.15, 0.2) is 53.9 Å². The SMILES string of the molecule is CC(C)[n+]1ccc(/C=C/c2ccc(N=[N+]=[N-])cc2)cc1. The number of hydrogen-bond acceptors (Lipinski definition) is 1. The van der Waals surface area contributed by atoms with Gasteiger partial charge in [0.25, 0.3) is 0 Å². The summed E-state index contributed by atoms with van der Waals surface area (Å²) < 4.78 is 2.16. The summed E-state index contributed by atoms with van der Waals surface area (Å²) in [4.78, 5) is 2.76. The summed E-state index contributed by atoms with van der Waals surface area (Å²) in [7, 11) is 0. The quantitative estimate of drug-likeness (QED) is 0.334. The Morgan fingerprint density at radius 1 is 1.00 bits per heavy atom. The minimum absolute atomic E-state index is 0.473. The third-order valence-electron chi connectivity index (χ3n) is 3.00. The van der Waals surface area contributed by atoms with Gasteiger partial charge in [-0.15, -0.1) is 0 Å². The van der Waals surface area contributed by atoms with Crippen LogP contribution >= 0.6 is 0 Å². The van der Waals surface area contributed by atoms with E-state index >= 15 is 0 Å². The van der Waals surface area contributed by atoms with Crippen LogP contribution in [0.3, 0.4) is 0 Å². The zero-order valence-electron chi connectivity index (χ0n) is 11.6. The Balaban J connectivity index is 2.10. The second-order valence-corrected chi connectivity index (χ2v) is 4.79. The molecule has 4 nitrogen and oxygen atoms in total. The molecule has 0 N–H and O–H groups in total. The molecular weight excluding hydrogens is 248 g/mol. The van der Waals surface area contributed by atoms with Crippen LogP contribution in [-0.2, 0) is 0 Å². The van der Waals surface area contributed by atoms with Crippen molar-refractivity contribution >= 4 is 17.8 Å². The smallest absolute Gasteiger partial charge is 0.169 e. The van der Waals surface area contributed by atoms with Crippen LogP contribution in [0.25, 0.3) is 22.6 Å². The molecule has 2 aromatic rings. The Morgan fingerprint density at radius 2 is 1.55 bits per heavy atom. The molecule has 0 radical (unpaired) electrons. The molecule has 0 fully saturated rings. The van der Waals surface area contributed by atoms with Crippen molar-refractivity contribution in [2.45, 2.75) is 19.9 Å². The van der Waals surface area contributed by atoms with E-state index in [-0.39, 0.29) is 0 Å². The maximum atomic E-state index is 8.34. The molecule has 1 heterocycles. The van der Waals surface area contributed by atoms with Crippen LogP contribution < -0.4 is 4.57 Å². The van der Waals surface area contributed by atoms with Gasteiger partial charge in [0.05, 0.1) is 0 Å². The van der Waals surface area contributed by atoms with E-state index in [0.29, 0.717) is 11.7 Å². The topological polar surface area (TPSA) is 52.6 Å². The van der Waals surface area contributed by atoms with Crippen LogP contribution in [0.1, 0.15) is 31.0 Å². The van der Waals surface area contributed by atoms with Crippen molar-refractivity contribution in [2.24, 2.45) is 5.11 Å². The van der Waals surface area contributed by atoms with E-state index < -0.39 is 0 Å². The lowest BCUT2D eigenvalue weighted by molar-refractivity contribution is -0.716. The monoisotopic (exact) mass is 265 g/mol. The van der Waals surface area contributed by atoms with Gasteiger partial charge in [-0.25, -0.2) is 4.57 Å². The lowest BCUT2D eigenvalue weighted by Crippen LogP contribution is -2.34. The molecule has 20 heavy (non-hydrogen) atoms. The number of hydrogen-bond donors (Lipinski definition) is 0. The Bertz CT molecular complexity index is 633. The van der Waals surface area contributed by atoms with Crippen molar-refractivity contribution in [3.05, 3.63) is 70.4 Å². The minimum atomic E-state index is 0.473. The van der Waals surface area contributed by atoms with Gasteiger partial charge in [0.15, 0.2) is 18.4 Å².